The van der Waals surface area contributed by atoms with Gasteiger partial charge >= 0.3 is 0 Å². The van der Waals surface area contributed by atoms with Crippen molar-refractivity contribution in [3.63, 3.8) is 0 Å². The van der Waals surface area contributed by atoms with Gasteiger partial charge in [0, 0.05) is 33.2 Å². The van der Waals surface area contributed by atoms with Crippen LogP contribution in [0.5, 0.6) is 5.75 Å². The maximum atomic E-state index is 12.1. The molecule has 1 aliphatic heterocycles. The standard InChI is InChI=1S/C15H21NO3/c1-16(15(17)9-13-6-7-19-11-13)10-12-4-3-5-14(8-12)18-2/h3-5,8,13H,6-7,9-11H2,1-2H3/t13-/m1/s1. The molecule has 1 aromatic rings. The summed E-state index contributed by atoms with van der Waals surface area (Å²) < 4.78 is 10.5. The SMILES string of the molecule is COc1cccc(CN(C)C(=O)C[C@H]2CCOC2)c1. The summed E-state index contributed by atoms with van der Waals surface area (Å²) in [5.74, 6) is 1.39. The summed E-state index contributed by atoms with van der Waals surface area (Å²) in [5, 5.41) is 0. The van der Waals surface area contributed by atoms with Crippen LogP contribution < -0.4 is 4.74 Å². The quantitative estimate of drug-likeness (QED) is 0.816. The summed E-state index contributed by atoms with van der Waals surface area (Å²) in [7, 11) is 3.49. The van der Waals surface area contributed by atoms with Crippen LogP contribution in [0.3, 0.4) is 0 Å². The Hall–Kier alpha value is -1.55. The molecule has 0 bridgehead atoms. The Morgan fingerprint density at radius 2 is 2.37 bits per heavy atom. The predicted molar refractivity (Wildman–Crippen MR) is 73.0 cm³/mol. The largest absolute Gasteiger partial charge is 0.497 e. The Bertz CT molecular complexity index is 427. The average Bonchev–Trinajstić information content (AvgIpc) is 2.91. The fourth-order valence-corrected chi connectivity index (χ4v) is 2.28. The molecule has 0 saturated carbocycles. The van der Waals surface area contributed by atoms with Crippen molar-refractivity contribution in [2.45, 2.75) is 19.4 Å². The van der Waals surface area contributed by atoms with Crippen LogP contribution in [0.2, 0.25) is 0 Å². The molecule has 1 heterocycles. The zero-order chi connectivity index (χ0) is 13.7. The zero-order valence-corrected chi connectivity index (χ0v) is 11.6. The first-order valence-corrected chi connectivity index (χ1v) is 6.63. The van der Waals surface area contributed by atoms with Crippen LogP contribution in [0.1, 0.15) is 18.4 Å². The summed E-state index contributed by atoms with van der Waals surface area (Å²) in [4.78, 5) is 13.9. The monoisotopic (exact) mass is 263 g/mol. The minimum atomic E-state index is 0.179. The van der Waals surface area contributed by atoms with Crippen molar-refractivity contribution < 1.29 is 14.3 Å². The van der Waals surface area contributed by atoms with Gasteiger partial charge in [-0.3, -0.25) is 4.79 Å². The Morgan fingerprint density at radius 3 is 3.05 bits per heavy atom. The van der Waals surface area contributed by atoms with Gasteiger partial charge in [-0.25, -0.2) is 0 Å². The van der Waals surface area contributed by atoms with Crippen molar-refractivity contribution in [2.24, 2.45) is 5.92 Å². The van der Waals surface area contributed by atoms with E-state index in [4.69, 9.17) is 9.47 Å². The highest BCUT2D eigenvalue weighted by Gasteiger charge is 2.21. The topological polar surface area (TPSA) is 38.8 Å². The van der Waals surface area contributed by atoms with E-state index in [-0.39, 0.29) is 5.91 Å². The zero-order valence-electron chi connectivity index (χ0n) is 11.6. The van der Waals surface area contributed by atoms with Gasteiger partial charge in [-0.2, -0.15) is 0 Å². The lowest BCUT2D eigenvalue weighted by Gasteiger charge is -2.19. The summed E-state index contributed by atoms with van der Waals surface area (Å²) in [6, 6.07) is 7.81. The molecular formula is C15H21NO3. The number of nitrogens with zero attached hydrogens (tertiary/aromatic N) is 1. The molecule has 19 heavy (non-hydrogen) atoms. The highest BCUT2D eigenvalue weighted by Crippen LogP contribution is 2.18. The van der Waals surface area contributed by atoms with Gasteiger partial charge in [0.15, 0.2) is 0 Å². The van der Waals surface area contributed by atoms with E-state index in [1.807, 2.05) is 31.3 Å². The van der Waals surface area contributed by atoms with E-state index in [0.717, 1.165) is 30.9 Å². The number of hydrogen-bond acceptors (Lipinski definition) is 3. The molecule has 0 unspecified atom stereocenters. The second-order valence-electron chi connectivity index (χ2n) is 5.04. The number of carbonyl (C=O) groups excluding carboxylic acids is 1. The third kappa shape index (κ3) is 3.96. The molecule has 1 amide bonds. The molecule has 0 N–H and O–H groups in total. The van der Waals surface area contributed by atoms with Crippen LogP contribution in [-0.2, 0) is 16.1 Å². The fourth-order valence-electron chi connectivity index (χ4n) is 2.28. The number of methoxy groups -OCH3 is 1. The highest BCUT2D eigenvalue weighted by atomic mass is 16.5. The van der Waals surface area contributed by atoms with E-state index in [1.165, 1.54) is 0 Å². The van der Waals surface area contributed by atoms with Crippen LogP contribution in [-0.4, -0.2) is 38.2 Å². The maximum Gasteiger partial charge on any atom is 0.222 e. The molecule has 1 fully saturated rings. The first-order valence-electron chi connectivity index (χ1n) is 6.63. The van der Waals surface area contributed by atoms with Gasteiger partial charge in [0.2, 0.25) is 5.91 Å². The lowest BCUT2D eigenvalue weighted by molar-refractivity contribution is -0.131. The molecule has 2 rings (SSSR count). The van der Waals surface area contributed by atoms with Gasteiger partial charge in [0.1, 0.15) is 5.75 Å². The molecule has 4 heteroatoms. The lowest BCUT2D eigenvalue weighted by atomic mass is 10.0. The minimum Gasteiger partial charge on any atom is -0.497 e. The Kier molecular flexibility index (Phi) is 4.80. The summed E-state index contributed by atoms with van der Waals surface area (Å²) in [5.41, 5.74) is 1.08. The first-order chi connectivity index (χ1) is 9.19. The van der Waals surface area contributed by atoms with Crippen molar-refractivity contribution in [3.05, 3.63) is 29.8 Å². The fraction of sp³-hybridized carbons (Fsp3) is 0.533. The van der Waals surface area contributed by atoms with E-state index < -0.39 is 0 Å². The normalized spacial score (nSPS) is 18.3. The van der Waals surface area contributed by atoms with E-state index >= 15 is 0 Å². The van der Waals surface area contributed by atoms with Crippen LogP contribution in [0.25, 0.3) is 0 Å². The molecule has 0 aromatic heterocycles. The molecule has 1 aliphatic rings. The van der Waals surface area contributed by atoms with Crippen LogP contribution in [0.15, 0.2) is 24.3 Å². The number of amides is 1. The highest BCUT2D eigenvalue weighted by molar-refractivity contribution is 5.76. The van der Waals surface area contributed by atoms with Gasteiger partial charge in [-0.05, 0) is 30.0 Å². The molecule has 0 aliphatic carbocycles. The van der Waals surface area contributed by atoms with Crippen molar-refractivity contribution >= 4 is 5.91 Å². The van der Waals surface area contributed by atoms with Crippen molar-refractivity contribution in [1.82, 2.24) is 4.90 Å². The lowest BCUT2D eigenvalue weighted by Crippen LogP contribution is -2.28. The summed E-state index contributed by atoms with van der Waals surface area (Å²) in [6.45, 7) is 2.12. The van der Waals surface area contributed by atoms with Crippen LogP contribution >= 0.6 is 0 Å². The van der Waals surface area contributed by atoms with Gasteiger partial charge in [-0.15, -0.1) is 0 Å². The van der Waals surface area contributed by atoms with Crippen molar-refractivity contribution in [3.8, 4) is 5.75 Å². The minimum absolute atomic E-state index is 0.179. The Labute approximate surface area is 114 Å². The second-order valence-corrected chi connectivity index (χ2v) is 5.04. The molecule has 104 valence electrons. The molecular weight excluding hydrogens is 242 g/mol. The third-order valence-corrected chi connectivity index (χ3v) is 3.47. The number of benzene rings is 1. The third-order valence-electron chi connectivity index (χ3n) is 3.47. The van der Waals surface area contributed by atoms with E-state index in [1.54, 1.807) is 12.0 Å². The number of rotatable bonds is 5. The molecule has 1 saturated heterocycles. The van der Waals surface area contributed by atoms with Gasteiger partial charge in [0.05, 0.1) is 7.11 Å². The average molecular weight is 263 g/mol. The summed E-state index contributed by atoms with van der Waals surface area (Å²) in [6.07, 6.45) is 1.58. The van der Waals surface area contributed by atoms with E-state index in [0.29, 0.717) is 18.9 Å². The van der Waals surface area contributed by atoms with Gasteiger partial charge in [-0.1, -0.05) is 12.1 Å². The number of carbonyl (C=O) groups is 1. The van der Waals surface area contributed by atoms with E-state index in [2.05, 4.69) is 0 Å². The van der Waals surface area contributed by atoms with Gasteiger partial charge in [0.25, 0.3) is 0 Å². The van der Waals surface area contributed by atoms with Crippen LogP contribution in [0.4, 0.5) is 0 Å². The van der Waals surface area contributed by atoms with Crippen LogP contribution in [0, 0.1) is 5.92 Å². The second kappa shape index (κ2) is 6.57. The molecule has 1 aromatic carbocycles. The maximum absolute atomic E-state index is 12.1. The van der Waals surface area contributed by atoms with Crippen molar-refractivity contribution in [1.29, 1.82) is 0 Å². The molecule has 4 nitrogen and oxygen atoms in total. The number of ether oxygens (including phenoxy) is 2. The molecule has 0 radical (unpaired) electrons. The smallest absolute Gasteiger partial charge is 0.222 e. The summed E-state index contributed by atoms with van der Waals surface area (Å²) >= 11 is 0. The molecule has 0 spiro atoms. The first kappa shape index (κ1) is 13.9. The Balaban J connectivity index is 1.88. The van der Waals surface area contributed by atoms with Crippen molar-refractivity contribution in [2.75, 3.05) is 27.4 Å². The van der Waals surface area contributed by atoms with Gasteiger partial charge < -0.3 is 14.4 Å². The predicted octanol–water partition coefficient (Wildman–Crippen LogP) is 2.08. The Morgan fingerprint density at radius 1 is 1.53 bits per heavy atom. The number of hydrogen-bond donors (Lipinski definition) is 0. The molecule has 1 atom stereocenters. The van der Waals surface area contributed by atoms with E-state index in [9.17, 15) is 4.79 Å².